The summed E-state index contributed by atoms with van der Waals surface area (Å²) in [5.74, 6) is 0.760. The molecule has 0 bridgehead atoms. The second kappa shape index (κ2) is 8.26. The van der Waals surface area contributed by atoms with Gasteiger partial charge in [-0.2, -0.15) is 5.10 Å². The zero-order valence-corrected chi connectivity index (χ0v) is 18.0. The molecule has 0 aliphatic carbocycles. The van der Waals surface area contributed by atoms with Crippen LogP contribution in [0.5, 0.6) is 0 Å². The number of benzene rings is 2. The summed E-state index contributed by atoms with van der Waals surface area (Å²) >= 11 is 0. The standard InChI is InChI=1S/C24H28N6O/c1-16-14-20(17-10-6-4-7-11-17)27-22-19(15-26-30(16)22)21(25)28-23(31)29-24(2,3)18-12-8-5-9-13-18/h4-13,15-16,20,27H,14H2,1-3H3,(H3,25,28,29,31). The van der Waals surface area contributed by atoms with Crippen LogP contribution in [0.2, 0.25) is 0 Å². The Balaban J connectivity index is 1.49. The van der Waals surface area contributed by atoms with E-state index >= 15 is 0 Å². The van der Waals surface area contributed by atoms with Crippen molar-refractivity contribution in [1.29, 1.82) is 5.41 Å². The highest BCUT2D eigenvalue weighted by Crippen LogP contribution is 2.36. The SMILES string of the molecule is CC1CC(c2ccccc2)Nc2c(C(=N)NC(=O)NC(C)(C)c3ccccc3)cnn21. The average molecular weight is 417 g/mol. The summed E-state index contributed by atoms with van der Waals surface area (Å²) in [5.41, 5.74) is 2.17. The van der Waals surface area contributed by atoms with Crippen LogP contribution in [0.1, 0.15) is 56.0 Å². The summed E-state index contributed by atoms with van der Waals surface area (Å²) in [4.78, 5) is 12.6. The zero-order chi connectivity index (χ0) is 22.0. The third-order valence-corrected chi connectivity index (χ3v) is 5.73. The van der Waals surface area contributed by atoms with Gasteiger partial charge in [-0.1, -0.05) is 60.7 Å². The topological polar surface area (TPSA) is 94.8 Å². The Kier molecular flexibility index (Phi) is 5.50. The van der Waals surface area contributed by atoms with Crippen molar-refractivity contribution in [2.75, 3.05) is 5.32 Å². The third-order valence-electron chi connectivity index (χ3n) is 5.73. The van der Waals surface area contributed by atoms with Crippen LogP contribution in [0, 0.1) is 5.41 Å². The van der Waals surface area contributed by atoms with Gasteiger partial charge >= 0.3 is 6.03 Å². The summed E-state index contributed by atoms with van der Waals surface area (Å²) in [5, 5.41) is 22.1. The summed E-state index contributed by atoms with van der Waals surface area (Å²) in [6, 6.07) is 19.9. The Bertz CT molecular complexity index is 1070. The molecule has 1 aliphatic heterocycles. The summed E-state index contributed by atoms with van der Waals surface area (Å²) in [6.45, 7) is 5.98. The predicted octanol–water partition coefficient (Wildman–Crippen LogP) is 4.56. The lowest BCUT2D eigenvalue weighted by atomic mass is 9.95. The van der Waals surface area contributed by atoms with Gasteiger partial charge in [0, 0.05) is 0 Å². The molecule has 2 aromatic carbocycles. The van der Waals surface area contributed by atoms with Crippen LogP contribution in [-0.4, -0.2) is 21.6 Å². The van der Waals surface area contributed by atoms with Crippen LogP contribution in [0.15, 0.2) is 66.9 Å². The van der Waals surface area contributed by atoms with E-state index in [1.165, 1.54) is 5.56 Å². The number of carbonyl (C=O) groups excluding carboxylic acids is 1. The molecule has 0 saturated carbocycles. The molecule has 0 radical (unpaired) electrons. The molecule has 0 fully saturated rings. The van der Waals surface area contributed by atoms with E-state index in [2.05, 4.69) is 40.1 Å². The van der Waals surface area contributed by atoms with E-state index in [0.717, 1.165) is 17.8 Å². The zero-order valence-electron chi connectivity index (χ0n) is 18.0. The normalized spacial score (nSPS) is 17.9. The van der Waals surface area contributed by atoms with Gasteiger partial charge in [0.1, 0.15) is 11.7 Å². The van der Waals surface area contributed by atoms with E-state index in [-0.39, 0.29) is 17.9 Å². The van der Waals surface area contributed by atoms with Gasteiger partial charge in [-0.3, -0.25) is 10.7 Å². The number of amides is 2. The van der Waals surface area contributed by atoms with Crippen molar-refractivity contribution in [1.82, 2.24) is 20.4 Å². The van der Waals surface area contributed by atoms with Crippen LogP contribution in [0.4, 0.5) is 10.6 Å². The molecule has 160 valence electrons. The molecule has 2 unspecified atom stereocenters. The molecule has 1 aromatic heterocycles. The number of carbonyl (C=O) groups is 1. The van der Waals surface area contributed by atoms with Gasteiger partial charge in [-0.15, -0.1) is 0 Å². The maximum atomic E-state index is 12.6. The van der Waals surface area contributed by atoms with E-state index in [0.29, 0.717) is 5.56 Å². The minimum Gasteiger partial charge on any atom is -0.363 e. The highest BCUT2D eigenvalue weighted by Gasteiger charge is 2.29. The van der Waals surface area contributed by atoms with Gasteiger partial charge in [-0.25, -0.2) is 9.48 Å². The monoisotopic (exact) mass is 416 g/mol. The quantitative estimate of drug-likeness (QED) is 0.371. The number of hydrogen-bond donors (Lipinski definition) is 4. The molecule has 7 nitrogen and oxygen atoms in total. The van der Waals surface area contributed by atoms with Crippen molar-refractivity contribution < 1.29 is 4.79 Å². The van der Waals surface area contributed by atoms with E-state index in [1.807, 2.05) is 67.1 Å². The Morgan fingerprint density at radius 2 is 1.77 bits per heavy atom. The van der Waals surface area contributed by atoms with E-state index in [4.69, 9.17) is 5.41 Å². The fourth-order valence-corrected chi connectivity index (χ4v) is 4.02. The van der Waals surface area contributed by atoms with Crippen LogP contribution in [0.25, 0.3) is 0 Å². The van der Waals surface area contributed by atoms with Crippen LogP contribution in [0.3, 0.4) is 0 Å². The predicted molar refractivity (Wildman–Crippen MR) is 122 cm³/mol. The van der Waals surface area contributed by atoms with Gasteiger partial charge < -0.3 is 10.6 Å². The first-order valence-electron chi connectivity index (χ1n) is 10.5. The molecule has 0 saturated heterocycles. The molecule has 3 aromatic rings. The van der Waals surface area contributed by atoms with Crippen LogP contribution < -0.4 is 16.0 Å². The maximum absolute atomic E-state index is 12.6. The number of amidine groups is 1. The molecular formula is C24H28N6O. The van der Waals surface area contributed by atoms with Crippen molar-refractivity contribution in [2.45, 2.75) is 44.8 Å². The first-order chi connectivity index (χ1) is 14.8. The van der Waals surface area contributed by atoms with Gasteiger partial charge in [-0.05, 0) is 38.3 Å². The van der Waals surface area contributed by atoms with Gasteiger partial charge in [0.2, 0.25) is 0 Å². The minimum atomic E-state index is -0.574. The second-order valence-corrected chi connectivity index (χ2v) is 8.49. The number of aromatic nitrogens is 2. The summed E-state index contributed by atoms with van der Waals surface area (Å²) in [7, 11) is 0. The summed E-state index contributed by atoms with van der Waals surface area (Å²) in [6.07, 6.45) is 2.53. The van der Waals surface area contributed by atoms with Crippen molar-refractivity contribution in [3.63, 3.8) is 0 Å². The number of anilines is 1. The molecule has 1 aliphatic rings. The number of rotatable bonds is 4. The average Bonchev–Trinajstić information content (AvgIpc) is 3.19. The summed E-state index contributed by atoms with van der Waals surface area (Å²) < 4.78 is 1.89. The molecular weight excluding hydrogens is 388 g/mol. The Morgan fingerprint density at radius 3 is 2.45 bits per heavy atom. The minimum absolute atomic E-state index is 0.0102. The highest BCUT2D eigenvalue weighted by molar-refractivity contribution is 6.08. The van der Waals surface area contributed by atoms with Crippen molar-refractivity contribution >= 4 is 17.7 Å². The fourth-order valence-electron chi connectivity index (χ4n) is 4.02. The lowest BCUT2D eigenvalue weighted by molar-refractivity contribution is 0.234. The Morgan fingerprint density at radius 1 is 1.13 bits per heavy atom. The van der Waals surface area contributed by atoms with Gasteiger partial charge in [0.05, 0.1) is 29.4 Å². The molecule has 4 rings (SSSR count). The van der Waals surface area contributed by atoms with Crippen molar-refractivity contribution in [3.8, 4) is 0 Å². The van der Waals surface area contributed by atoms with Crippen LogP contribution in [-0.2, 0) is 5.54 Å². The molecule has 0 spiro atoms. The first kappa shape index (κ1) is 20.7. The lowest BCUT2D eigenvalue weighted by Crippen LogP contribution is -2.48. The van der Waals surface area contributed by atoms with Crippen molar-refractivity contribution in [2.24, 2.45) is 0 Å². The fraction of sp³-hybridized carbons (Fsp3) is 0.292. The van der Waals surface area contributed by atoms with Gasteiger partial charge in [0.25, 0.3) is 0 Å². The maximum Gasteiger partial charge on any atom is 0.321 e. The molecule has 31 heavy (non-hydrogen) atoms. The number of hydrogen-bond acceptors (Lipinski definition) is 4. The van der Waals surface area contributed by atoms with Crippen molar-refractivity contribution in [3.05, 3.63) is 83.6 Å². The van der Waals surface area contributed by atoms with E-state index in [1.54, 1.807) is 6.20 Å². The first-order valence-corrected chi connectivity index (χ1v) is 10.5. The number of urea groups is 1. The van der Waals surface area contributed by atoms with Crippen LogP contribution >= 0.6 is 0 Å². The molecule has 7 heteroatoms. The Labute approximate surface area is 182 Å². The molecule has 2 heterocycles. The highest BCUT2D eigenvalue weighted by atomic mass is 16.2. The largest absolute Gasteiger partial charge is 0.363 e. The van der Waals surface area contributed by atoms with E-state index < -0.39 is 11.6 Å². The second-order valence-electron chi connectivity index (χ2n) is 8.49. The number of nitrogens with zero attached hydrogens (tertiary/aromatic N) is 2. The van der Waals surface area contributed by atoms with Gasteiger partial charge in [0.15, 0.2) is 0 Å². The van der Waals surface area contributed by atoms with E-state index in [9.17, 15) is 4.79 Å². The number of nitrogens with one attached hydrogen (secondary N) is 4. The number of fused-ring (bicyclic) bond motifs is 1. The lowest BCUT2D eigenvalue weighted by Gasteiger charge is -2.31. The molecule has 2 atom stereocenters. The smallest absolute Gasteiger partial charge is 0.321 e. The molecule has 2 amide bonds. The third kappa shape index (κ3) is 4.30. The molecule has 4 N–H and O–H groups in total. The Hall–Kier alpha value is -3.61.